The first kappa shape index (κ1) is 72.7. The topological polar surface area (TPSA) is 92.1 Å². The molecule has 0 aliphatic heterocycles. The number of fused-ring (bicyclic) bond motifs is 23. The Morgan fingerprint density at radius 1 is 0.181 bits per heavy atom. The van der Waals surface area contributed by atoms with E-state index in [0.29, 0.717) is 34.9 Å². The molecule has 0 amide bonds. The van der Waals surface area contributed by atoms with Crippen molar-refractivity contribution in [2.24, 2.45) is 0 Å². The predicted octanol–water partition coefficient (Wildman–Crippen LogP) is 31.0. The third-order valence-electron chi connectivity index (χ3n) is 25.5. The Morgan fingerprint density at radius 3 is 1.13 bits per heavy atom. The summed E-state index contributed by atoms with van der Waals surface area (Å²) in [6.07, 6.45) is 0.868. The van der Waals surface area contributed by atoms with Gasteiger partial charge in [-0.1, -0.05) is 285 Å². The molecular weight excluding hydrogens is 1600 g/mol. The molecule has 0 fully saturated rings. The average Bonchev–Trinajstić information content (AvgIpc) is 1.56. The number of hydrogen-bond acceptors (Lipinski definition) is 9. The van der Waals surface area contributed by atoms with Crippen molar-refractivity contribution >= 4 is 160 Å². The van der Waals surface area contributed by atoms with E-state index in [9.17, 15) is 0 Å². The monoisotopic (exact) mass is 1670 g/mol. The summed E-state index contributed by atoms with van der Waals surface area (Å²) in [7, 11) is 0. The molecule has 0 atom stereocenters. The molecule has 0 saturated heterocycles. The van der Waals surface area contributed by atoms with Gasteiger partial charge in [0.05, 0.1) is 42.5 Å². The van der Waals surface area contributed by atoms with Gasteiger partial charge in [-0.3, -0.25) is 0 Å². The van der Waals surface area contributed by atoms with Crippen LogP contribution in [0.3, 0.4) is 0 Å². The summed E-state index contributed by atoms with van der Waals surface area (Å²) in [4.78, 5) is 29.9. The van der Waals surface area contributed by atoms with Gasteiger partial charge in [0.1, 0.15) is 0 Å². The predicted molar refractivity (Wildman–Crippen MR) is 533 cm³/mol. The number of nitrogens with zero attached hydrogens (tertiary/aromatic N) is 9. The number of thiophene rings is 3. The zero-order valence-electron chi connectivity index (χ0n) is 68.1. The van der Waals surface area contributed by atoms with E-state index in [4.69, 9.17) is 29.9 Å². The Hall–Kier alpha value is -16.0. The lowest BCUT2D eigenvalue weighted by Gasteiger charge is -2.11. The van der Waals surface area contributed by atoms with Crippen LogP contribution in [0.1, 0.15) is 11.1 Å². The van der Waals surface area contributed by atoms with Crippen LogP contribution in [-0.2, 0) is 6.42 Å². The molecule has 1 aliphatic carbocycles. The minimum Gasteiger partial charge on any atom is -0.309 e. The van der Waals surface area contributed by atoms with Crippen molar-refractivity contribution < 1.29 is 0 Å². The minimum atomic E-state index is 0.643. The van der Waals surface area contributed by atoms with Crippen molar-refractivity contribution in [3.8, 4) is 119 Å². The lowest BCUT2D eigenvalue weighted by Crippen LogP contribution is -2.00. The molecule has 592 valence electrons. The number of rotatable bonds is 11. The fraction of sp³-hybridized carbons (Fsp3) is 0.00870. The van der Waals surface area contributed by atoms with Gasteiger partial charge in [-0.25, -0.2) is 29.9 Å². The first-order valence-corrected chi connectivity index (χ1v) is 45.3. The van der Waals surface area contributed by atoms with Gasteiger partial charge in [-0.15, -0.1) is 34.0 Å². The summed E-state index contributed by atoms with van der Waals surface area (Å²) in [5.74, 6) is 3.92. The largest absolute Gasteiger partial charge is 0.309 e. The molecule has 0 bridgehead atoms. The van der Waals surface area contributed by atoms with Gasteiger partial charge in [0.2, 0.25) is 0 Å². The second-order valence-corrected chi connectivity index (χ2v) is 35.8. The molecule has 27 rings (SSSR count). The summed E-state index contributed by atoms with van der Waals surface area (Å²) in [5.41, 5.74) is 26.8. The van der Waals surface area contributed by atoms with Crippen LogP contribution in [0.2, 0.25) is 0 Å². The average molecular weight is 1670 g/mol. The van der Waals surface area contributed by atoms with Gasteiger partial charge in [0, 0.05) is 140 Å². The van der Waals surface area contributed by atoms with E-state index < -0.39 is 0 Å². The Kier molecular flexibility index (Phi) is 16.8. The SMILES string of the molecule is c1ccc(-c2nc(-c3ccccc3)nc(-c3ccc(-n4c5ccccc5c5cc(-c6cccc7c6sc6c7ccc7c8ccccc8sc76)ccc54)cc3)n2)cc1.c1ccc(-c2nc(-c3ccccc3)nc(-c3ccc4sc5ccc(-n6c7ccccc7c7cc(-c8cccc9c8Cc8c-9ccc9c%10ccccc%10n(-c%10ccccc%10)c89)ccc76)cc5c4c3)n2)cc1. The lowest BCUT2D eigenvalue weighted by molar-refractivity contribution is 1.07. The molecule has 0 unspecified atom stereocenters. The fourth-order valence-electron chi connectivity index (χ4n) is 19.7. The maximum atomic E-state index is 5.07. The van der Waals surface area contributed by atoms with Crippen molar-refractivity contribution in [2.75, 3.05) is 0 Å². The van der Waals surface area contributed by atoms with Crippen molar-refractivity contribution in [1.29, 1.82) is 0 Å². The van der Waals surface area contributed by atoms with E-state index in [2.05, 4.69) is 323 Å². The molecule has 9 nitrogen and oxygen atoms in total. The molecule has 0 spiro atoms. The van der Waals surface area contributed by atoms with Crippen LogP contribution in [-0.4, -0.2) is 43.6 Å². The number of benzene rings is 18. The molecule has 0 saturated carbocycles. The number of para-hydroxylation sites is 4. The molecule has 127 heavy (non-hydrogen) atoms. The first-order valence-electron chi connectivity index (χ1n) is 42.8. The smallest absolute Gasteiger partial charge is 0.164 e. The molecular formula is C115H69N9S3. The highest BCUT2D eigenvalue weighted by molar-refractivity contribution is 7.33. The maximum absolute atomic E-state index is 5.07. The fourth-order valence-corrected chi connectivity index (χ4v) is 23.4. The van der Waals surface area contributed by atoms with E-state index in [1.165, 1.54) is 176 Å². The molecule has 26 aromatic rings. The van der Waals surface area contributed by atoms with Crippen molar-refractivity contribution in [2.45, 2.75) is 6.42 Å². The van der Waals surface area contributed by atoms with Crippen LogP contribution in [0, 0.1) is 0 Å². The highest BCUT2D eigenvalue weighted by Gasteiger charge is 2.29. The Labute approximate surface area is 740 Å². The maximum Gasteiger partial charge on any atom is 0.164 e. The van der Waals surface area contributed by atoms with Gasteiger partial charge >= 0.3 is 0 Å². The van der Waals surface area contributed by atoms with Gasteiger partial charge in [-0.2, -0.15) is 0 Å². The Balaban J connectivity index is 0.000000138. The van der Waals surface area contributed by atoms with E-state index in [1.807, 2.05) is 131 Å². The summed E-state index contributed by atoms with van der Waals surface area (Å²) >= 11 is 5.66. The van der Waals surface area contributed by atoms with E-state index in [0.717, 1.165) is 51.2 Å². The standard InChI is InChI=1S/C64H39N5S.C51H30N4S2/c1-4-15-39(16-5-1)62-65-63(40-17-6-2-7-18-40)67-64(66-62)42-28-33-59-53(36-42)54-37-44(29-34-60(54)70-59)68-56-25-12-11-22-49(56)52-35-41(27-32-58(52)68)45-23-14-24-46-47-30-31-50-48-21-10-13-26-57(48)69(43-19-8-3-9-20-43)61(50)55(47)38-51(45)46;1-3-12-31(13-4-1)49-52-50(32-14-5-2-6-15-32)54-51(53-49)33-22-25-35(26-23-33)55-43-20-9-7-16-37(43)42-30-34(24-29-44(42)55)36-18-11-19-39-41-28-27-40-38-17-8-10-21-45(38)56-47(40)48(41)57-46(36)39/h1-37H,38H2;1-30H. The quantitative estimate of drug-likeness (QED) is 0.128. The first-order chi connectivity index (χ1) is 62.9. The molecule has 8 heterocycles. The highest BCUT2D eigenvalue weighted by atomic mass is 32.1. The van der Waals surface area contributed by atoms with Crippen molar-refractivity contribution in [1.82, 2.24) is 43.6 Å². The molecule has 0 N–H and O–H groups in total. The zero-order chi connectivity index (χ0) is 83.3. The van der Waals surface area contributed by atoms with Gasteiger partial charge in [-0.05, 0) is 166 Å². The Bertz CT molecular complexity index is 8860. The lowest BCUT2D eigenvalue weighted by atomic mass is 9.94. The second-order valence-electron chi connectivity index (χ2n) is 32.7. The normalized spacial score (nSPS) is 12.1. The summed E-state index contributed by atoms with van der Waals surface area (Å²) < 4.78 is 15.2. The summed E-state index contributed by atoms with van der Waals surface area (Å²) in [6, 6.07) is 146. The van der Waals surface area contributed by atoms with Crippen LogP contribution in [0.5, 0.6) is 0 Å². The summed E-state index contributed by atoms with van der Waals surface area (Å²) in [5, 5.41) is 15.3. The summed E-state index contributed by atoms with van der Waals surface area (Å²) in [6.45, 7) is 0. The molecule has 12 heteroatoms. The van der Waals surface area contributed by atoms with Gasteiger partial charge in [0.25, 0.3) is 0 Å². The van der Waals surface area contributed by atoms with E-state index >= 15 is 0 Å². The van der Waals surface area contributed by atoms with Crippen molar-refractivity contribution in [3.63, 3.8) is 0 Å². The van der Waals surface area contributed by atoms with Gasteiger partial charge < -0.3 is 13.7 Å². The molecule has 0 radical (unpaired) electrons. The highest BCUT2D eigenvalue weighted by Crippen LogP contribution is 2.51. The number of aromatic nitrogens is 9. The molecule has 8 aromatic heterocycles. The molecule has 18 aromatic carbocycles. The second kappa shape index (κ2) is 29.4. The van der Waals surface area contributed by atoms with Crippen molar-refractivity contribution in [3.05, 3.63) is 418 Å². The van der Waals surface area contributed by atoms with E-state index in [1.54, 1.807) is 0 Å². The third kappa shape index (κ3) is 11.9. The third-order valence-corrected chi connectivity index (χ3v) is 29.3. The van der Waals surface area contributed by atoms with Crippen LogP contribution < -0.4 is 0 Å². The van der Waals surface area contributed by atoms with Crippen LogP contribution in [0.4, 0.5) is 0 Å². The van der Waals surface area contributed by atoms with Gasteiger partial charge in [0.15, 0.2) is 34.9 Å². The van der Waals surface area contributed by atoms with E-state index in [-0.39, 0.29) is 0 Å². The van der Waals surface area contributed by atoms with Crippen LogP contribution >= 0.6 is 34.0 Å². The minimum absolute atomic E-state index is 0.643. The zero-order valence-corrected chi connectivity index (χ0v) is 70.6. The van der Waals surface area contributed by atoms with Crippen LogP contribution in [0.25, 0.3) is 245 Å². The number of hydrogen-bond donors (Lipinski definition) is 0. The van der Waals surface area contributed by atoms with Crippen LogP contribution in [0.15, 0.2) is 406 Å². The molecule has 1 aliphatic rings. The Morgan fingerprint density at radius 2 is 0.543 bits per heavy atom.